The third-order valence-electron chi connectivity index (χ3n) is 3.98. The molecule has 2 rings (SSSR count). The van der Waals surface area contributed by atoms with Gasteiger partial charge in [0.1, 0.15) is 0 Å². The molecule has 2 aromatic carbocycles. The first-order valence-corrected chi connectivity index (χ1v) is 11.8. The van der Waals surface area contributed by atoms with Crippen LogP contribution in [-0.4, -0.2) is 29.3 Å². The van der Waals surface area contributed by atoms with E-state index < -0.39 is 20.0 Å². The molecule has 0 saturated heterocycles. The van der Waals surface area contributed by atoms with Crippen molar-refractivity contribution in [2.24, 2.45) is 5.14 Å². The summed E-state index contributed by atoms with van der Waals surface area (Å²) in [4.78, 5) is 12.0. The van der Waals surface area contributed by atoms with Crippen LogP contribution in [0.25, 0.3) is 6.08 Å². The summed E-state index contributed by atoms with van der Waals surface area (Å²) in [5.74, 6) is -0.345. The summed E-state index contributed by atoms with van der Waals surface area (Å²) >= 11 is 0. The van der Waals surface area contributed by atoms with Crippen molar-refractivity contribution in [2.75, 3.05) is 6.54 Å². The van der Waals surface area contributed by atoms with Crippen LogP contribution in [0.1, 0.15) is 30.5 Å². The number of carbonyl (C=O) groups is 1. The monoisotopic (exact) mass is 437 g/mol. The van der Waals surface area contributed by atoms with Crippen LogP contribution in [-0.2, 0) is 24.8 Å². The number of benzene rings is 2. The fraction of sp³-hybridized carbons (Fsp3) is 0.211. The molecule has 1 amide bonds. The molecule has 0 aliphatic rings. The Morgan fingerprint density at radius 2 is 1.66 bits per heavy atom. The molecule has 156 valence electrons. The predicted molar refractivity (Wildman–Crippen MR) is 111 cm³/mol. The van der Waals surface area contributed by atoms with Crippen LogP contribution in [0.2, 0.25) is 0 Å². The van der Waals surface area contributed by atoms with E-state index in [0.29, 0.717) is 5.56 Å². The van der Waals surface area contributed by atoms with Gasteiger partial charge in [-0.05, 0) is 36.3 Å². The zero-order valence-corrected chi connectivity index (χ0v) is 17.4. The Kier molecular flexibility index (Phi) is 7.68. The quantitative estimate of drug-likeness (QED) is 0.546. The second kappa shape index (κ2) is 9.79. The molecule has 0 heterocycles. The number of sulfonamides is 2. The van der Waals surface area contributed by atoms with Crippen LogP contribution in [0.5, 0.6) is 0 Å². The highest BCUT2D eigenvalue weighted by Crippen LogP contribution is 2.15. The highest BCUT2D eigenvalue weighted by Gasteiger charge is 2.13. The van der Waals surface area contributed by atoms with Crippen LogP contribution >= 0.6 is 0 Å². The van der Waals surface area contributed by atoms with Gasteiger partial charge in [-0.25, -0.2) is 26.7 Å². The van der Waals surface area contributed by atoms with Crippen molar-refractivity contribution in [3.8, 4) is 0 Å². The molecule has 0 bridgehead atoms. The summed E-state index contributed by atoms with van der Waals surface area (Å²) in [5, 5.41) is 8.83. The molecule has 1 atom stereocenters. The average Bonchev–Trinajstić information content (AvgIpc) is 2.66. The lowest BCUT2D eigenvalue weighted by Crippen LogP contribution is -2.31. The molecule has 4 N–H and O–H groups in total. The molecule has 0 aliphatic heterocycles. The summed E-state index contributed by atoms with van der Waals surface area (Å²) in [6.07, 6.45) is 1.42. The van der Waals surface area contributed by atoms with E-state index in [4.69, 9.17) is 5.14 Å². The van der Waals surface area contributed by atoms with Gasteiger partial charge in [0.2, 0.25) is 26.0 Å². The lowest BCUT2D eigenvalue weighted by atomic mass is 10.1. The highest BCUT2D eigenvalue weighted by molar-refractivity contribution is 7.92. The molecule has 2 aromatic rings. The van der Waals surface area contributed by atoms with Crippen molar-refractivity contribution in [3.63, 3.8) is 0 Å². The minimum Gasteiger partial charge on any atom is -0.350 e. The number of primary sulfonamides is 1. The van der Waals surface area contributed by atoms with Crippen LogP contribution in [0.4, 0.5) is 0 Å². The Balaban J connectivity index is 1.82. The zero-order valence-electron chi connectivity index (χ0n) is 15.8. The molecule has 0 fully saturated rings. The van der Waals surface area contributed by atoms with Gasteiger partial charge in [0.15, 0.2) is 0 Å². The summed E-state index contributed by atoms with van der Waals surface area (Å²) in [6, 6.07) is 14.4. The molecule has 0 saturated carbocycles. The molecular weight excluding hydrogens is 414 g/mol. The molecule has 0 radical (unpaired) electrons. The number of nitrogens with two attached hydrogens (primary N) is 1. The summed E-state index contributed by atoms with van der Waals surface area (Å²) in [5.41, 5.74) is 1.44. The zero-order chi connectivity index (χ0) is 21.5. The van der Waals surface area contributed by atoms with Gasteiger partial charge >= 0.3 is 0 Å². The smallest absolute Gasteiger partial charge is 0.238 e. The maximum Gasteiger partial charge on any atom is 0.238 e. The number of hydrogen-bond acceptors (Lipinski definition) is 5. The van der Waals surface area contributed by atoms with Gasteiger partial charge in [-0.3, -0.25) is 4.79 Å². The van der Waals surface area contributed by atoms with E-state index in [0.717, 1.165) is 11.0 Å². The van der Waals surface area contributed by atoms with E-state index in [1.807, 2.05) is 6.07 Å². The molecular formula is C19H23N3O5S2. The van der Waals surface area contributed by atoms with Crippen molar-refractivity contribution in [1.82, 2.24) is 10.0 Å². The normalized spacial score (nSPS) is 13.3. The van der Waals surface area contributed by atoms with Crippen LogP contribution in [0.15, 0.2) is 64.9 Å². The van der Waals surface area contributed by atoms with Crippen molar-refractivity contribution in [2.45, 2.75) is 24.3 Å². The molecule has 0 spiro atoms. The lowest BCUT2D eigenvalue weighted by Gasteiger charge is -2.14. The molecule has 0 aromatic heterocycles. The minimum atomic E-state index is -3.77. The van der Waals surface area contributed by atoms with Gasteiger partial charge in [-0.2, -0.15) is 0 Å². The number of nitrogens with one attached hydrogen (secondary N) is 2. The summed E-state index contributed by atoms with van der Waals surface area (Å²) in [6.45, 7) is 1.68. The maximum absolute atomic E-state index is 12.0. The Morgan fingerprint density at radius 3 is 2.24 bits per heavy atom. The Hall–Kier alpha value is -2.53. The first kappa shape index (κ1) is 22.8. The SMILES string of the molecule is CC(NC(=O)CCNS(=O)(=O)/C=C/c1ccccc1)c1ccc(S(N)(=O)=O)cc1. The lowest BCUT2D eigenvalue weighted by molar-refractivity contribution is -0.121. The Labute approximate surface area is 170 Å². The molecule has 29 heavy (non-hydrogen) atoms. The molecule has 10 heteroatoms. The largest absolute Gasteiger partial charge is 0.350 e. The molecule has 0 aliphatic carbocycles. The van der Waals surface area contributed by atoms with E-state index in [2.05, 4.69) is 10.0 Å². The van der Waals surface area contributed by atoms with Crippen molar-refractivity contribution < 1.29 is 21.6 Å². The van der Waals surface area contributed by atoms with E-state index in [1.165, 1.54) is 18.2 Å². The standard InChI is InChI=1S/C19H23N3O5S2/c1-15(17-7-9-18(10-8-17)29(20,26)27)22-19(23)11-13-21-28(24,25)14-12-16-5-3-2-4-6-16/h2-10,12,14-15,21H,11,13H2,1H3,(H,22,23)(H2,20,26,27)/b14-12+. The fourth-order valence-corrected chi connectivity index (χ4v) is 3.76. The summed E-state index contributed by atoms with van der Waals surface area (Å²) < 4.78 is 48.8. The van der Waals surface area contributed by atoms with E-state index in [1.54, 1.807) is 43.3 Å². The van der Waals surface area contributed by atoms with Gasteiger partial charge in [0.05, 0.1) is 10.9 Å². The van der Waals surface area contributed by atoms with Crippen molar-refractivity contribution in [3.05, 3.63) is 71.1 Å². The van der Waals surface area contributed by atoms with E-state index >= 15 is 0 Å². The second-order valence-electron chi connectivity index (χ2n) is 6.31. The van der Waals surface area contributed by atoms with Gasteiger partial charge < -0.3 is 5.32 Å². The topological polar surface area (TPSA) is 135 Å². The van der Waals surface area contributed by atoms with Crippen LogP contribution in [0, 0.1) is 0 Å². The summed E-state index contributed by atoms with van der Waals surface area (Å²) in [7, 11) is -7.43. The maximum atomic E-state index is 12.0. The minimum absolute atomic E-state index is 0.0160. The van der Waals surface area contributed by atoms with E-state index in [-0.39, 0.29) is 29.8 Å². The molecule has 8 nitrogen and oxygen atoms in total. The number of rotatable bonds is 9. The Morgan fingerprint density at radius 1 is 1.03 bits per heavy atom. The fourth-order valence-electron chi connectivity index (χ4n) is 2.43. The van der Waals surface area contributed by atoms with Gasteiger partial charge in [-0.1, -0.05) is 42.5 Å². The number of hydrogen-bond donors (Lipinski definition) is 3. The first-order valence-electron chi connectivity index (χ1n) is 8.72. The van der Waals surface area contributed by atoms with Crippen molar-refractivity contribution in [1.29, 1.82) is 0 Å². The van der Waals surface area contributed by atoms with Crippen LogP contribution in [0.3, 0.4) is 0 Å². The number of amides is 1. The predicted octanol–water partition coefficient (Wildman–Crippen LogP) is 1.49. The Bertz CT molecular complexity index is 1060. The number of carbonyl (C=O) groups excluding carboxylic acids is 1. The van der Waals surface area contributed by atoms with Gasteiger partial charge in [0.25, 0.3) is 0 Å². The molecule has 1 unspecified atom stereocenters. The second-order valence-corrected chi connectivity index (χ2v) is 9.52. The van der Waals surface area contributed by atoms with Gasteiger partial charge in [0, 0.05) is 18.4 Å². The van der Waals surface area contributed by atoms with Gasteiger partial charge in [-0.15, -0.1) is 0 Å². The highest BCUT2D eigenvalue weighted by atomic mass is 32.2. The average molecular weight is 438 g/mol. The third kappa shape index (κ3) is 7.78. The van der Waals surface area contributed by atoms with Crippen molar-refractivity contribution >= 4 is 32.0 Å². The third-order valence-corrected chi connectivity index (χ3v) is 6.01. The first-order chi connectivity index (χ1) is 13.6. The van der Waals surface area contributed by atoms with Crippen LogP contribution < -0.4 is 15.2 Å². The van der Waals surface area contributed by atoms with E-state index in [9.17, 15) is 21.6 Å².